The summed E-state index contributed by atoms with van der Waals surface area (Å²) in [5, 5.41) is 17.9. The lowest BCUT2D eigenvalue weighted by Crippen LogP contribution is -2.06. The maximum atomic E-state index is 14.2. The van der Waals surface area contributed by atoms with E-state index in [1.807, 2.05) is 12.1 Å². The third-order valence-corrected chi connectivity index (χ3v) is 6.35. The molecule has 0 fully saturated rings. The summed E-state index contributed by atoms with van der Waals surface area (Å²) in [4.78, 5) is 2.26. The molecular formula is C18H5BrF4N2S2. The summed E-state index contributed by atoms with van der Waals surface area (Å²) >= 11 is 6.07. The first-order chi connectivity index (χ1) is 12.9. The maximum absolute atomic E-state index is 14.2. The second-order valence-electron chi connectivity index (χ2n) is 5.09. The molecule has 134 valence electrons. The van der Waals surface area contributed by atoms with Crippen LogP contribution in [0.5, 0.6) is 0 Å². The smallest absolute Gasteiger partial charge is 0.180 e. The largest absolute Gasteiger partial charge is 0.203 e. The molecule has 2 nitrogen and oxygen atoms in total. The zero-order valence-electron chi connectivity index (χ0n) is 13.0. The van der Waals surface area contributed by atoms with Gasteiger partial charge in [-0.15, -0.1) is 22.7 Å². The number of hydrogen-bond donors (Lipinski definition) is 0. The van der Waals surface area contributed by atoms with Crippen LogP contribution in [0.15, 0.2) is 28.1 Å². The second-order valence-corrected chi connectivity index (χ2v) is 8.67. The van der Waals surface area contributed by atoms with Gasteiger partial charge in [-0.3, -0.25) is 0 Å². The highest BCUT2D eigenvalue weighted by Gasteiger charge is 2.27. The van der Waals surface area contributed by atoms with Crippen molar-refractivity contribution in [2.45, 2.75) is 0 Å². The van der Waals surface area contributed by atoms with E-state index in [-0.39, 0.29) is 0 Å². The van der Waals surface area contributed by atoms with Gasteiger partial charge in [0.1, 0.15) is 17.7 Å². The van der Waals surface area contributed by atoms with Crippen LogP contribution in [0, 0.1) is 45.9 Å². The lowest BCUT2D eigenvalue weighted by Gasteiger charge is -2.07. The third kappa shape index (κ3) is 3.54. The van der Waals surface area contributed by atoms with E-state index in [4.69, 9.17) is 5.26 Å². The molecule has 2 aromatic heterocycles. The Morgan fingerprint density at radius 3 is 2.00 bits per heavy atom. The van der Waals surface area contributed by atoms with Crippen LogP contribution in [0.4, 0.5) is 17.6 Å². The number of halogens is 5. The summed E-state index contributed by atoms with van der Waals surface area (Å²) in [5.41, 5.74) is -3.10. The molecular weight excluding hydrogens is 464 g/mol. The molecule has 3 aromatic rings. The minimum absolute atomic E-state index is 0.468. The molecule has 0 atom stereocenters. The number of benzene rings is 1. The Morgan fingerprint density at radius 2 is 1.48 bits per heavy atom. The summed E-state index contributed by atoms with van der Waals surface area (Å²) in [7, 11) is 0. The molecule has 0 spiro atoms. The molecule has 0 N–H and O–H groups in total. The first-order valence-electron chi connectivity index (χ1n) is 7.11. The minimum Gasteiger partial charge on any atom is -0.203 e. The zero-order valence-corrected chi connectivity index (χ0v) is 16.2. The van der Waals surface area contributed by atoms with Crippen LogP contribution in [-0.2, 0) is 0 Å². The molecule has 1 aromatic carbocycles. The molecule has 0 saturated carbocycles. The Kier molecular flexibility index (Phi) is 5.47. The van der Waals surface area contributed by atoms with Crippen molar-refractivity contribution in [3.8, 4) is 21.9 Å². The second kappa shape index (κ2) is 7.65. The summed E-state index contributed by atoms with van der Waals surface area (Å²) in [6, 6.07) is 9.76. The number of thiophene rings is 2. The van der Waals surface area contributed by atoms with Crippen molar-refractivity contribution in [1.82, 2.24) is 0 Å². The van der Waals surface area contributed by atoms with Crippen LogP contribution in [0.25, 0.3) is 21.4 Å². The van der Waals surface area contributed by atoms with Crippen molar-refractivity contribution >= 4 is 50.3 Å². The highest BCUT2D eigenvalue weighted by atomic mass is 79.9. The topological polar surface area (TPSA) is 47.6 Å². The van der Waals surface area contributed by atoms with Crippen molar-refractivity contribution in [2.24, 2.45) is 0 Å². The van der Waals surface area contributed by atoms with E-state index < -0.39 is 40.0 Å². The fraction of sp³-hybridized carbons (Fsp3) is 0. The van der Waals surface area contributed by atoms with Gasteiger partial charge in [0.05, 0.1) is 14.9 Å². The van der Waals surface area contributed by atoms with Crippen LogP contribution in [0.3, 0.4) is 0 Å². The van der Waals surface area contributed by atoms with E-state index in [2.05, 4.69) is 15.9 Å². The standard InChI is InChI=1S/C18H5BrF4N2S2/c19-13-4-3-12(27-13)11-2-1-9(26-11)5-8(6-24)14-17(22)15(20)10(7-25)16(21)18(14)23/h1-5H. The van der Waals surface area contributed by atoms with Crippen LogP contribution < -0.4 is 0 Å². The summed E-state index contributed by atoms with van der Waals surface area (Å²) < 4.78 is 56.9. The van der Waals surface area contributed by atoms with E-state index in [9.17, 15) is 22.8 Å². The van der Waals surface area contributed by atoms with E-state index in [0.717, 1.165) is 25.7 Å². The number of nitrogens with zero attached hydrogens (tertiary/aromatic N) is 2. The molecule has 9 heteroatoms. The Bertz CT molecular complexity index is 1140. The minimum atomic E-state index is -1.83. The highest BCUT2D eigenvalue weighted by Crippen LogP contribution is 2.37. The van der Waals surface area contributed by atoms with Gasteiger partial charge in [0.25, 0.3) is 0 Å². The molecule has 3 rings (SSSR count). The molecule has 2 heterocycles. The molecule has 0 aliphatic carbocycles. The lowest BCUT2D eigenvalue weighted by atomic mass is 10.0. The van der Waals surface area contributed by atoms with E-state index in [0.29, 0.717) is 4.88 Å². The van der Waals surface area contributed by atoms with E-state index >= 15 is 0 Å². The van der Waals surface area contributed by atoms with Crippen molar-refractivity contribution in [3.63, 3.8) is 0 Å². The number of allylic oxidation sites excluding steroid dienone is 1. The maximum Gasteiger partial charge on any atom is 0.180 e. The Balaban J connectivity index is 2.11. The average Bonchev–Trinajstić information content (AvgIpc) is 3.28. The van der Waals surface area contributed by atoms with Crippen LogP contribution >= 0.6 is 38.6 Å². The van der Waals surface area contributed by atoms with Gasteiger partial charge in [-0.1, -0.05) is 0 Å². The van der Waals surface area contributed by atoms with Crippen LogP contribution in [0.2, 0.25) is 0 Å². The Hall–Kier alpha value is -2.46. The quantitative estimate of drug-likeness (QED) is 0.243. The normalized spacial score (nSPS) is 11.3. The van der Waals surface area contributed by atoms with Crippen molar-refractivity contribution in [3.05, 3.63) is 67.3 Å². The SMILES string of the molecule is N#CC(=Cc1ccc(-c2ccc(Br)s2)s1)c1c(F)c(F)c(C#N)c(F)c1F. The summed E-state index contributed by atoms with van der Waals surface area (Å²) in [6.07, 6.45) is 1.14. The molecule has 27 heavy (non-hydrogen) atoms. The van der Waals surface area contributed by atoms with E-state index in [1.54, 1.807) is 18.2 Å². The van der Waals surface area contributed by atoms with Gasteiger partial charge < -0.3 is 0 Å². The molecule has 0 aliphatic rings. The Morgan fingerprint density at radius 1 is 0.889 bits per heavy atom. The Labute approximate surface area is 167 Å². The summed E-state index contributed by atoms with van der Waals surface area (Å²) in [5.74, 6) is -7.22. The van der Waals surface area contributed by atoms with Gasteiger partial charge in [0, 0.05) is 14.6 Å². The predicted octanol–water partition coefficient (Wildman–Crippen LogP) is 6.73. The molecule has 0 amide bonds. The fourth-order valence-corrected chi connectivity index (χ4v) is 4.71. The van der Waals surface area contributed by atoms with Gasteiger partial charge >= 0.3 is 0 Å². The molecule has 0 radical (unpaired) electrons. The highest BCUT2D eigenvalue weighted by molar-refractivity contribution is 9.11. The third-order valence-electron chi connectivity index (χ3n) is 3.49. The number of rotatable bonds is 3. The van der Waals surface area contributed by atoms with Gasteiger partial charge in [-0.05, 0) is 46.3 Å². The lowest BCUT2D eigenvalue weighted by molar-refractivity contribution is 0.447. The molecule has 0 unspecified atom stereocenters. The number of hydrogen-bond acceptors (Lipinski definition) is 4. The fourth-order valence-electron chi connectivity index (χ4n) is 2.28. The van der Waals surface area contributed by atoms with Gasteiger partial charge in [-0.25, -0.2) is 17.6 Å². The van der Waals surface area contributed by atoms with Gasteiger partial charge in [0.15, 0.2) is 23.3 Å². The van der Waals surface area contributed by atoms with Crippen molar-refractivity contribution in [2.75, 3.05) is 0 Å². The van der Waals surface area contributed by atoms with Crippen LogP contribution in [0.1, 0.15) is 16.0 Å². The first kappa shape index (κ1) is 19.3. The average molecular weight is 469 g/mol. The zero-order chi connectivity index (χ0) is 19.7. The van der Waals surface area contributed by atoms with Crippen molar-refractivity contribution < 1.29 is 17.6 Å². The summed E-state index contributed by atoms with van der Waals surface area (Å²) in [6.45, 7) is 0. The number of nitriles is 2. The first-order valence-corrected chi connectivity index (χ1v) is 9.53. The van der Waals surface area contributed by atoms with Gasteiger partial charge in [0.2, 0.25) is 0 Å². The van der Waals surface area contributed by atoms with Crippen LogP contribution in [-0.4, -0.2) is 0 Å². The molecule has 0 saturated heterocycles. The molecule has 0 aliphatic heterocycles. The van der Waals surface area contributed by atoms with E-state index in [1.165, 1.54) is 22.7 Å². The van der Waals surface area contributed by atoms with Gasteiger partial charge in [-0.2, -0.15) is 10.5 Å². The molecule has 0 bridgehead atoms. The predicted molar refractivity (Wildman–Crippen MR) is 99.8 cm³/mol. The van der Waals surface area contributed by atoms with Crippen molar-refractivity contribution in [1.29, 1.82) is 10.5 Å². The monoisotopic (exact) mass is 468 g/mol.